The molecular weight excluding hydrogens is 221 g/mol. The highest BCUT2D eigenvalue weighted by Gasteiger charge is 2.12. The highest BCUT2D eigenvalue weighted by Crippen LogP contribution is 2.21. The normalized spacial score (nSPS) is 17.6. The van der Waals surface area contributed by atoms with E-state index in [9.17, 15) is 4.39 Å². The lowest BCUT2D eigenvalue weighted by molar-refractivity contribution is 0.531. The van der Waals surface area contributed by atoms with Gasteiger partial charge in [0.2, 0.25) is 0 Å². The van der Waals surface area contributed by atoms with Crippen LogP contribution < -0.4 is 5.32 Å². The van der Waals surface area contributed by atoms with Gasteiger partial charge in [-0.1, -0.05) is 12.1 Å². The van der Waals surface area contributed by atoms with Crippen LogP contribution in [0.25, 0.3) is 0 Å². The summed E-state index contributed by atoms with van der Waals surface area (Å²) in [7, 11) is 0. The highest BCUT2D eigenvalue weighted by molar-refractivity contribution is 7.99. The van der Waals surface area contributed by atoms with E-state index in [4.69, 9.17) is 0 Å². The van der Waals surface area contributed by atoms with E-state index >= 15 is 0 Å². The maximum Gasteiger partial charge on any atom is 0.123 e. The molecule has 0 spiro atoms. The van der Waals surface area contributed by atoms with E-state index in [1.165, 1.54) is 18.4 Å². The number of halogens is 1. The monoisotopic (exact) mass is 239 g/mol. The summed E-state index contributed by atoms with van der Waals surface area (Å²) in [5, 5.41) is 4.20. The van der Waals surface area contributed by atoms with Crippen molar-refractivity contribution >= 4 is 11.8 Å². The standard InChI is InChI=1S/C13H18FNS/c14-12-3-1-11(2-4-12)7-10-16-13-5-8-15-9-6-13/h1-4,13,15H,5-10H2. The summed E-state index contributed by atoms with van der Waals surface area (Å²) < 4.78 is 12.7. The summed E-state index contributed by atoms with van der Waals surface area (Å²) in [6.07, 6.45) is 3.62. The van der Waals surface area contributed by atoms with Crippen molar-refractivity contribution in [2.75, 3.05) is 18.8 Å². The predicted molar refractivity (Wildman–Crippen MR) is 68.5 cm³/mol. The molecular formula is C13H18FNS. The molecule has 3 heteroatoms. The SMILES string of the molecule is Fc1ccc(CCSC2CCNCC2)cc1. The van der Waals surface area contributed by atoms with Gasteiger partial charge >= 0.3 is 0 Å². The molecule has 1 fully saturated rings. The zero-order valence-electron chi connectivity index (χ0n) is 9.42. The molecule has 2 rings (SSSR count). The van der Waals surface area contributed by atoms with Crippen LogP contribution in [-0.2, 0) is 6.42 Å². The van der Waals surface area contributed by atoms with Crippen LogP contribution in [0.2, 0.25) is 0 Å². The van der Waals surface area contributed by atoms with Crippen LogP contribution in [0.4, 0.5) is 4.39 Å². The first kappa shape index (κ1) is 11.9. The van der Waals surface area contributed by atoms with Gasteiger partial charge in [0.25, 0.3) is 0 Å². The summed E-state index contributed by atoms with van der Waals surface area (Å²) >= 11 is 2.06. The van der Waals surface area contributed by atoms with E-state index in [-0.39, 0.29) is 5.82 Å². The molecule has 1 saturated heterocycles. The number of aryl methyl sites for hydroxylation is 1. The second-order valence-corrected chi connectivity index (χ2v) is 5.60. The van der Waals surface area contributed by atoms with Crippen LogP contribution in [0.3, 0.4) is 0 Å². The van der Waals surface area contributed by atoms with E-state index in [0.29, 0.717) is 0 Å². The van der Waals surface area contributed by atoms with Gasteiger partial charge in [0.15, 0.2) is 0 Å². The van der Waals surface area contributed by atoms with Gasteiger partial charge in [-0.2, -0.15) is 11.8 Å². The third kappa shape index (κ3) is 3.80. The minimum Gasteiger partial charge on any atom is -0.317 e. The summed E-state index contributed by atoms with van der Waals surface area (Å²) in [4.78, 5) is 0. The van der Waals surface area contributed by atoms with Gasteiger partial charge in [0, 0.05) is 5.25 Å². The average Bonchev–Trinajstić information content (AvgIpc) is 2.33. The fourth-order valence-electron chi connectivity index (χ4n) is 1.96. The van der Waals surface area contributed by atoms with Crippen LogP contribution in [0, 0.1) is 5.82 Å². The molecule has 1 aromatic rings. The van der Waals surface area contributed by atoms with E-state index in [2.05, 4.69) is 17.1 Å². The molecule has 88 valence electrons. The topological polar surface area (TPSA) is 12.0 Å². The lowest BCUT2D eigenvalue weighted by Gasteiger charge is -2.21. The molecule has 1 aliphatic heterocycles. The van der Waals surface area contributed by atoms with Crippen molar-refractivity contribution in [3.8, 4) is 0 Å². The Morgan fingerprint density at radius 2 is 1.88 bits per heavy atom. The Hall–Kier alpha value is -0.540. The predicted octanol–water partition coefficient (Wildman–Crippen LogP) is 2.85. The van der Waals surface area contributed by atoms with Gasteiger partial charge in [0.1, 0.15) is 5.82 Å². The fourth-order valence-corrected chi connectivity index (χ4v) is 3.21. The van der Waals surface area contributed by atoms with Crippen molar-refractivity contribution in [1.82, 2.24) is 5.32 Å². The number of thioether (sulfide) groups is 1. The Kier molecular flexibility index (Phi) is 4.67. The van der Waals surface area contributed by atoms with Crippen molar-refractivity contribution in [1.29, 1.82) is 0 Å². The molecule has 0 amide bonds. The van der Waals surface area contributed by atoms with Crippen LogP contribution >= 0.6 is 11.8 Å². The van der Waals surface area contributed by atoms with Gasteiger partial charge in [-0.15, -0.1) is 0 Å². The first-order valence-electron chi connectivity index (χ1n) is 5.91. The molecule has 0 aliphatic carbocycles. The molecule has 0 saturated carbocycles. The number of piperidine rings is 1. The van der Waals surface area contributed by atoms with E-state index in [1.54, 1.807) is 12.1 Å². The molecule has 1 nitrogen and oxygen atoms in total. The number of hydrogen-bond acceptors (Lipinski definition) is 2. The summed E-state index contributed by atoms with van der Waals surface area (Å²) in [6.45, 7) is 2.32. The Morgan fingerprint density at radius 1 is 1.19 bits per heavy atom. The van der Waals surface area contributed by atoms with Crippen molar-refractivity contribution in [2.24, 2.45) is 0 Å². The zero-order chi connectivity index (χ0) is 11.2. The maximum atomic E-state index is 12.7. The smallest absolute Gasteiger partial charge is 0.123 e. The van der Waals surface area contributed by atoms with Crippen LogP contribution in [0.1, 0.15) is 18.4 Å². The van der Waals surface area contributed by atoms with Gasteiger partial charge in [-0.25, -0.2) is 4.39 Å². The van der Waals surface area contributed by atoms with E-state index in [0.717, 1.165) is 30.5 Å². The summed E-state index contributed by atoms with van der Waals surface area (Å²) in [6, 6.07) is 6.87. The Bertz CT molecular complexity index is 306. The first-order valence-corrected chi connectivity index (χ1v) is 6.96. The molecule has 0 atom stereocenters. The van der Waals surface area contributed by atoms with Gasteiger partial charge < -0.3 is 5.32 Å². The maximum absolute atomic E-state index is 12.7. The van der Waals surface area contributed by atoms with Gasteiger partial charge in [-0.05, 0) is 55.8 Å². The number of hydrogen-bond donors (Lipinski definition) is 1. The Labute approximate surface area is 101 Å². The lowest BCUT2D eigenvalue weighted by atomic mass is 10.2. The molecule has 0 bridgehead atoms. The third-order valence-electron chi connectivity index (χ3n) is 2.94. The summed E-state index contributed by atoms with van der Waals surface area (Å²) in [5.41, 5.74) is 1.24. The van der Waals surface area contributed by atoms with E-state index in [1.807, 2.05) is 12.1 Å². The number of rotatable bonds is 4. The second kappa shape index (κ2) is 6.26. The van der Waals surface area contributed by atoms with Crippen molar-refractivity contribution in [2.45, 2.75) is 24.5 Å². The minimum absolute atomic E-state index is 0.144. The third-order valence-corrected chi connectivity index (χ3v) is 4.33. The molecule has 1 N–H and O–H groups in total. The quantitative estimate of drug-likeness (QED) is 0.867. The van der Waals surface area contributed by atoms with Crippen molar-refractivity contribution in [3.05, 3.63) is 35.6 Å². The number of benzene rings is 1. The molecule has 0 unspecified atom stereocenters. The van der Waals surface area contributed by atoms with Gasteiger partial charge in [-0.3, -0.25) is 0 Å². The molecule has 0 radical (unpaired) electrons. The second-order valence-electron chi connectivity index (χ2n) is 4.20. The van der Waals surface area contributed by atoms with Crippen molar-refractivity contribution < 1.29 is 4.39 Å². The molecule has 1 heterocycles. The molecule has 0 aromatic heterocycles. The minimum atomic E-state index is -0.144. The van der Waals surface area contributed by atoms with Gasteiger partial charge in [0.05, 0.1) is 0 Å². The van der Waals surface area contributed by atoms with Crippen molar-refractivity contribution in [3.63, 3.8) is 0 Å². The van der Waals surface area contributed by atoms with Crippen LogP contribution in [0.5, 0.6) is 0 Å². The Morgan fingerprint density at radius 3 is 2.56 bits per heavy atom. The highest BCUT2D eigenvalue weighted by atomic mass is 32.2. The van der Waals surface area contributed by atoms with E-state index < -0.39 is 0 Å². The van der Waals surface area contributed by atoms with Crippen LogP contribution in [-0.4, -0.2) is 24.1 Å². The average molecular weight is 239 g/mol. The largest absolute Gasteiger partial charge is 0.317 e. The Balaban J connectivity index is 1.69. The van der Waals surface area contributed by atoms with Crippen LogP contribution in [0.15, 0.2) is 24.3 Å². The molecule has 1 aromatic carbocycles. The fraction of sp³-hybridized carbons (Fsp3) is 0.538. The lowest BCUT2D eigenvalue weighted by Crippen LogP contribution is -2.29. The summed E-state index contributed by atoms with van der Waals surface area (Å²) in [5.74, 6) is 1.01. The number of nitrogens with one attached hydrogen (secondary N) is 1. The zero-order valence-corrected chi connectivity index (χ0v) is 10.2. The molecule has 16 heavy (non-hydrogen) atoms. The molecule has 1 aliphatic rings. The first-order chi connectivity index (χ1) is 7.84.